The molecule has 1 fully saturated rings. The molecular formula is C16H21ClN4O2. The molecule has 1 aliphatic rings. The lowest BCUT2D eigenvalue weighted by atomic mass is 9.90. The van der Waals surface area contributed by atoms with Crippen molar-refractivity contribution in [2.24, 2.45) is 0 Å². The Morgan fingerprint density at radius 1 is 1.35 bits per heavy atom. The van der Waals surface area contributed by atoms with E-state index in [1.165, 1.54) is 6.33 Å². The molecular weight excluding hydrogens is 316 g/mol. The van der Waals surface area contributed by atoms with Gasteiger partial charge in [-0.25, -0.2) is 14.3 Å². The highest BCUT2D eigenvalue weighted by molar-refractivity contribution is 6.31. The van der Waals surface area contributed by atoms with Gasteiger partial charge in [0.15, 0.2) is 5.65 Å². The van der Waals surface area contributed by atoms with Crippen molar-refractivity contribution < 1.29 is 9.53 Å². The van der Waals surface area contributed by atoms with Crippen LogP contribution in [0.4, 0.5) is 4.79 Å². The topological polar surface area (TPSA) is 59.7 Å². The summed E-state index contributed by atoms with van der Waals surface area (Å²) in [6.07, 6.45) is 4.94. The van der Waals surface area contributed by atoms with Crippen LogP contribution in [0.25, 0.3) is 5.65 Å². The van der Waals surface area contributed by atoms with Crippen LogP contribution in [0.1, 0.15) is 45.1 Å². The molecule has 0 spiro atoms. The van der Waals surface area contributed by atoms with Gasteiger partial charge in [-0.1, -0.05) is 11.6 Å². The first-order valence-corrected chi connectivity index (χ1v) is 8.18. The van der Waals surface area contributed by atoms with E-state index in [1.54, 1.807) is 9.42 Å². The minimum atomic E-state index is -0.463. The number of likely N-dealkylation sites (tertiary alicyclic amines) is 1. The quantitative estimate of drug-likeness (QED) is 0.799. The number of piperidine rings is 1. The van der Waals surface area contributed by atoms with Crippen molar-refractivity contribution in [1.29, 1.82) is 0 Å². The Balaban J connectivity index is 1.68. The molecule has 0 saturated carbocycles. The fraction of sp³-hybridized carbons (Fsp3) is 0.562. The van der Waals surface area contributed by atoms with E-state index in [9.17, 15) is 4.79 Å². The Morgan fingerprint density at radius 3 is 2.70 bits per heavy atom. The lowest BCUT2D eigenvalue weighted by Crippen LogP contribution is -2.41. The third kappa shape index (κ3) is 3.58. The summed E-state index contributed by atoms with van der Waals surface area (Å²) in [7, 11) is 0. The van der Waals surface area contributed by atoms with Crippen molar-refractivity contribution in [2.45, 2.75) is 45.1 Å². The molecule has 0 aromatic carbocycles. The van der Waals surface area contributed by atoms with Crippen LogP contribution < -0.4 is 0 Å². The van der Waals surface area contributed by atoms with Gasteiger partial charge in [-0.3, -0.25) is 0 Å². The van der Waals surface area contributed by atoms with E-state index < -0.39 is 5.60 Å². The Labute approximate surface area is 140 Å². The van der Waals surface area contributed by atoms with Crippen LogP contribution in [-0.4, -0.2) is 44.3 Å². The molecule has 1 amide bonds. The summed E-state index contributed by atoms with van der Waals surface area (Å²) in [6, 6.07) is 1.84. The van der Waals surface area contributed by atoms with Gasteiger partial charge in [0.1, 0.15) is 11.9 Å². The van der Waals surface area contributed by atoms with E-state index in [0.717, 1.165) is 24.1 Å². The van der Waals surface area contributed by atoms with E-state index in [2.05, 4.69) is 10.1 Å². The van der Waals surface area contributed by atoms with E-state index in [0.29, 0.717) is 24.0 Å². The fourth-order valence-corrected chi connectivity index (χ4v) is 3.15. The fourth-order valence-electron chi connectivity index (χ4n) is 2.85. The summed E-state index contributed by atoms with van der Waals surface area (Å²) in [5.41, 5.74) is 1.34. The number of carbonyl (C=O) groups excluding carboxylic acids is 1. The van der Waals surface area contributed by atoms with Gasteiger partial charge in [0.2, 0.25) is 0 Å². The average Bonchev–Trinajstić information content (AvgIpc) is 2.92. The summed E-state index contributed by atoms with van der Waals surface area (Å²) >= 11 is 6.39. The second-order valence-corrected chi connectivity index (χ2v) is 7.29. The molecule has 0 unspecified atom stereocenters. The highest BCUT2D eigenvalue weighted by atomic mass is 35.5. The number of amides is 1. The number of aromatic nitrogens is 3. The number of rotatable bonds is 1. The van der Waals surface area contributed by atoms with Crippen molar-refractivity contribution in [3.63, 3.8) is 0 Å². The highest BCUT2D eigenvalue weighted by Gasteiger charge is 2.28. The minimum absolute atomic E-state index is 0.242. The summed E-state index contributed by atoms with van der Waals surface area (Å²) in [5.74, 6) is 0.315. The molecule has 0 radical (unpaired) electrons. The first kappa shape index (κ1) is 16.1. The second-order valence-electron chi connectivity index (χ2n) is 6.88. The molecule has 124 valence electrons. The standard InChI is InChI=1S/C16H21ClN4O2/c1-16(2,3)23-15(22)20-6-4-11(5-7-20)12-9-21-14(8-13(12)17)18-10-19-21/h8-11H,4-7H2,1-3H3. The Bertz CT molecular complexity index is 714. The number of hydrogen-bond acceptors (Lipinski definition) is 4. The summed E-state index contributed by atoms with van der Waals surface area (Å²) in [4.78, 5) is 18.0. The van der Waals surface area contributed by atoms with Crippen LogP contribution in [0, 0.1) is 0 Å². The number of nitrogens with zero attached hydrogens (tertiary/aromatic N) is 4. The van der Waals surface area contributed by atoms with E-state index in [-0.39, 0.29) is 6.09 Å². The summed E-state index contributed by atoms with van der Waals surface area (Å²) < 4.78 is 7.17. The molecule has 0 aliphatic carbocycles. The second kappa shape index (κ2) is 6.00. The van der Waals surface area contributed by atoms with Crippen molar-refractivity contribution >= 4 is 23.3 Å². The van der Waals surface area contributed by atoms with Gasteiger partial charge in [-0.05, 0) is 45.1 Å². The van der Waals surface area contributed by atoms with Gasteiger partial charge in [-0.2, -0.15) is 5.10 Å². The van der Waals surface area contributed by atoms with Crippen LogP contribution in [0.15, 0.2) is 18.6 Å². The van der Waals surface area contributed by atoms with Gasteiger partial charge < -0.3 is 9.64 Å². The molecule has 7 heteroatoms. The van der Waals surface area contributed by atoms with Gasteiger partial charge in [0.05, 0.1) is 0 Å². The predicted octanol–water partition coefficient (Wildman–Crippen LogP) is 3.50. The smallest absolute Gasteiger partial charge is 0.410 e. The molecule has 1 saturated heterocycles. The highest BCUT2D eigenvalue weighted by Crippen LogP contribution is 2.33. The first-order valence-electron chi connectivity index (χ1n) is 7.80. The molecule has 1 aliphatic heterocycles. The Hall–Kier alpha value is -1.82. The van der Waals surface area contributed by atoms with Crippen LogP contribution in [-0.2, 0) is 4.74 Å². The van der Waals surface area contributed by atoms with Crippen LogP contribution in [0.2, 0.25) is 5.02 Å². The van der Waals surface area contributed by atoms with Gasteiger partial charge >= 0.3 is 6.09 Å². The summed E-state index contributed by atoms with van der Waals surface area (Å²) in [5, 5.41) is 4.87. The van der Waals surface area contributed by atoms with Crippen molar-refractivity contribution in [3.05, 3.63) is 29.2 Å². The maximum Gasteiger partial charge on any atom is 0.410 e. The normalized spacial score (nSPS) is 16.8. The SMILES string of the molecule is CC(C)(C)OC(=O)N1CCC(c2cn3ncnc3cc2Cl)CC1. The monoisotopic (exact) mass is 336 g/mol. The molecule has 2 aromatic heterocycles. The lowest BCUT2D eigenvalue weighted by Gasteiger charge is -2.33. The molecule has 0 bridgehead atoms. The van der Waals surface area contributed by atoms with Crippen LogP contribution in [0.3, 0.4) is 0 Å². The van der Waals surface area contributed by atoms with Crippen LogP contribution in [0.5, 0.6) is 0 Å². The van der Waals surface area contributed by atoms with Crippen molar-refractivity contribution in [2.75, 3.05) is 13.1 Å². The summed E-state index contributed by atoms with van der Waals surface area (Å²) in [6.45, 7) is 6.98. The molecule has 0 N–H and O–H groups in total. The van der Waals surface area contributed by atoms with Gasteiger partial charge in [0, 0.05) is 30.4 Å². The Morgan fingerprint density at radius 2 is 2.04 bits per heavy atom. The average molecular weight is 337 g/mol. The number of fused-ring (bicyclic) bond motifs is 1. The minimum Gasteiger partial charge on any atom is -0.444 e. The Kier molecular flexibility index (Phi) is 4.19. The first-order chi connectivity index (χ1) is 10.8. The molecule has 6 nitrogen and oxygen atoms in total. The van der Waals surface area contributed by atoms with Crippen molar-refractivity contribution in [3.8, 4) is 0 Å². The van der Waals surface area contributed by atoms with Crippen molar-refractivity contribution in [1.82, 2.24) is 19.5 Å². The number of pyridine rings is 1. The number of hydrogen-bond donors (Lipinski definition) is 0. The molecule has 0 atom stereocenters. The van der Waals surface area contributed by atoms with Crippen LogP contribution >= 0.6 is 11.6 Å². The molecule has 3 heterocycles. The van der Waals surface area contributed by atoms with E-state index in [1.807, 2.05) is 33.0 Å². The zero-order valence-electron chi connectivity index (χ0n) is 13.6. The maximum atomic E-state index is 12.1. The zero-order chi connectivity index (χ0) is 16.6. The zero-order valence-corrected chi connectivity index (χ0v) is 14.4. The third-order valence-corrected chi connectivity index (χ3v) is 4.31. The van der Waals surface area contributed by atoms with Gasteiger partial charge in [0.25, 0.3) is 0 Å². The predicted molar refractivity (Wildman–Crippen MR) is 87.8 cm³/mol. The largest absolute Gasteiger partial charge is 0.444 e. The number of halogens is 1. The van der Waals surface area contributed by atoms with E-state index in [4.69, 9.17) is 16.3 Å². The maximum absolute atomic E-state index is 12.1. The lowest BCUT2D eigenvalue weighted by molar-refractivity contribution is 0.0205. The van der Waals surface area contributed by atoms with E-state index >= 15 is 0 Å². The third-order valence-electron chi connectivity index (χ3n) is 3.98. The van der Waals surface area contributed by atoms with Gasteiger partial charge in [-0.15, -0.1) is 0 Å². The number of carbonyl (C=O) groups is 1. The molecule has 2 aromatic rings. The molecule has 23 heavy (non-hydrogen) atoms. The number of ether oxygens (including phenoxy) is 1. The molecule has 3 rings (SSSR count).